The van der Waals surface area contributed by atoms with E-state index in [0.29, 0.717) is 0 Å². The van der Waals surface area contributed by atoms with E-state index in [0.717, 1.165) is 16.4 Å². The van der Waals surface area contributed by atoms with Gasteiger partial charge in [0.1, 0.15) is 5.82 Å². The minimum absolute atomic E-state index is 0.0499. The minimum Gasteiger partial charge on any atom is -0.289 e. The molecule has 1 unspecified atom stereocenters. The number of hydrogen-bond donors (Lipinski definition) is 1. The van der Waals surface area contributed by atoms with Crippen molar-refractivity contribution in [3.05, 3.63) is 61.8 Å². The number of nitrogens with zero attached hydrogens (tertiary/aromatic N) is 1. The van der Waals surface area contributed by atoms with Crippen molar-refractivity contribution in [3.63, 3.8) is 0 Å². The SMILES string of the molecule is CCS(=O)(=O)CCN(c1cc(Br)c(C(=O)c2ccc(F)cc2Cl)cc1Cl)S(=O)O. The first-order valence-electron chi connectivity index (χ1n) is 8.04. The Morgan fingerprint density at radius 1 is 1.21 bits per heavy atom. The third-order valence-corrected chi connectivity index (χ3v) is 7.67. The van der Waals surface area contributed by atoms with Crippen LogP contribution in [0.3, 0.4) is 0 Å². The monoisotopic (exact) mass is 545 g/mol. The van der Waals surface area contributed by atoms with E-state index in [1.54, 1.807) is 0 Å². The molecule has 0 fully saturated rings. The van der Waals surface area contributed by atoms with E-state index in [1.165, 1.54) is 25.1 Å². The molecule has 0 spiro atoms. The first kappa shape index (κ1) is 24.2. The highest BCUT2D eigenvalue weighted by Gasteiger charge is 2.23. The van der Waals surface area contributed by atoms with Gasteiger partial charge in [0.15, 0.2) is 15.6 Å². The lowest BCUT2D eigenvalue weighted by Gasteiger charge is -2.22. The van der Waals surface area contributed by atoms with Crippen molar-refractivity contribution in [3.8, 4) is 0 Å². The fourth-order valence-corrected chi connectivity index (χ4v) is 4.88. The Morgan fingerprint density at radius 2 is 1.86 bits per heavy atom. The van der Waals surface area contributed by atoms with Crippen molar-refractivity contribution < 1.29 is 26.4 Å². The molecule has 158 valence electrons. The maximum Gasteiger partial charge on any atom is 0.261 e. The third kappa shape index (κ3) is 5.99. The molecular weight excluding hydrogens is 532 g/mol. The lowest BCUT2D eigenvalue weighted by molar-refractivity contribution is 0.103. The van der Waals surface area contributed by atoms with Crippen LogP contribution in [0.1, 0.15) is 22.8 Å². The van der Waals surface area contributed by atoms with Crippen molar-refractivity contribution in [2.45, 2.75) is 6.92 Å². The number of anilines is 1. The highest BCUT2D eigenvalue weighted by Crippen LogP contribution is 2.35. The van der Waals surface area contributed by atoms with Crippen LogP contribution in [-0.2, 0) is 21.1 Å². The number of ketones is 1. The van der Waals surface area contributed by atoms with Gasteiger partial charge in [-0.2, -0.15) is 0 Å². The Hall–Kier alpha value is -1.04. The topological polar surface area (TPSA) is 91.8 Å². The highest BCUT2D eigenvalue weighted by molar-refractivity contribution is 9.10. The standard InChI is InChI=1S/C17H15BrCl2FNO5S2/c1-2-29(26,27)6-5-22(28(24)25)16-9-13(18)12(8-15(16)20)17(23)11-4-3-10(21)7-14(11)19/h3-4,7-9H,2,5-6H2,1H3,(H,24,25). The normalized spacial score (nSPS) is 12.6. The predicted octanol–water partition coefficient (Wildman–Crippen LogP) is 4.50. The number of benzene rings is 2. The molecule has 2 aromatic carbocycles. The van der Waals surface area contributed by atoms with Crippen LogP contribution in [0.15, 0.2) is 34.8 Å². The van der Waals surface area contributed by atoms with E-state index in [1.807, 2.05) is 0 Å². The van der Waals surface area contributed by atoms with Gasteiger partial charge in [-0.05, 0) is 46.3 Å². The summed E-state index contributed by atoms with van der Waals surface area (Å²) < 4.78 is 59.1. The zero-order valence-corrected chi connectivity index (χ0v) is 19.6. The largest absolute Gasteiger partial charge is 0.289 e. The molecule has 0 bridgehead atoms. The van der Waals surface area contributed by atoms with E-state index < -0.39 is 32.7 Å². The van der Waals surface area contributed by atoms with Crippen LogP contribution < -0.4 is 4.31 Å². The smallest absolute Gasteiger partial charge is 0.261 e. The van der Waals surface area contributed by atoms with E-state index in [-0.39, 0.29) is 49.4 Å². The summed E-state index contributed by atoms with van der Waals surface area (Å²) in [5.41, 5.74) is 0.207. The summed E-state index contributed by atoms with van der Waals surface area (Å²) in [5.74, 6) is -1.60. The van der Waals surface area contributed by atoms with E-state index in [2.05, 4.69) is 15.9 Å². The number of carbonyl (C=O) groups excluding carboxylic acids is 1. The Kier molecular flexibility index (Phi) is 8.23. The third-order valence-electron chi connectivity index (χ3n) is 3.96. The van der Waals surface area contributed by atoms with Crippen LogP contribution in [0.4, 0.5) is 10.1 Å². The molecule has 0 aliphatic rings. The molecule has 2 aromatic rings. The highest BCUT2D eigenvalue weighted by atomic mass is 79.9. The average Bonchev–Trinajstić information content (AvgIpc) is 2.63. The van der Waals surface area contributed by atoms with Crippen molar-refractivity contribution >= 4 is 71.7 Å². The van der Waals surface area contributed by atoms with Crippen molar-refractivity contribution in [2.75, 3.05) is 22.4 Å². The van der Waals surface area contributed by atoms with Crippen LogP contribution in [0, 0.1) is 5.82 Å². The second kappa shape index (κ2) is 9.84. The molecule has 0 heterocycles. The summed E-state index contributed by atoms with van der Waals surface area (Å²) in [7, 11) is -3.39. The minimum atomic E-state index is -3.39. The second-order valence-corrected chi connectivity index (χ2v) is 10.8. The Labute approximate surface area is 188 Å². The molecule has 12 heteroatoms. The van der Waals surface area contributed by atoms with E-state index in [4.69, 9.17) is 23.2 Å². The number of rotatable bonds is 8. The molecule has 6 nitrogen and oxygen atoms in total. The predicted molar refractivity (Wildman–Crippen MR) is 116 cm³/mol. The zero-order chi connectivity index (χ0) is 21.9. The lowest BCUT2D eigenvalue weighted by atomic mass is 10.0. The Morgan fingerprint density at radius 3 is 2.41 bits per heavy atom. The van der Waals surface area contributed by atoms with Gasteiger partial charge in [0.2, 0.25) is 0 Å². The molecule has 0 saturated heterocycles. The molecule has 0 radical (unpaired) electrons. The van der Waals surface area contributed by atoms with Gasteiger partial charge in [0, 0.05) is 27.9 Å². The van der Waals surface area contributed by atoms with Gasteiger partial charge in [-0.15, -0.1) is 0 Å². The maximum absolute atomic E-state index is 13.2. The Balaban J connectivity index is 2.43. The van der Waals surface area contributed by atoms with Crippen LogP contribution in [0.2, 0.25) is 10.0 Å². The molecule has 1 atom stereocenters. The molecule has 0 amide bonds. The van der Waals surface area contributed by atoms with Gasteiger partial charge in [-0.25, -0.2) is 17.0 Å². The summed E-state index contributed by atoms with van der Waals surface area (Å²) in [6, 6.07) is 5.92. The number of hydrogen-bond acceptors (Lipinski definition) is 4. The van der Waals surface area contributed by atoms with Gasteiger partial charge in [0.25, 0.3) is 11.3 Å². The summed E-state index contributed by atoms with van der Waals surface area (Å²) in [4.78, 5) is 12.8. The molecule has 2 rings (SSSR count). The van der Waals surface area contributed by atoms with Gasteiger partial charge in [0.05, 0.1) is 21.5 Å². The molecule has 1 N–H and O–H groups in total. The summed E-state index contributed by atoms with van der Waals surface area (Å²) in [6.07, 6.45) is 0. The van der Waals surface area contributed by atoms with Gasteiger partial charge in [-0.1, -0.05) is 30.1 Å². The molecule has 0 aromatic heterocycles. The van der Waals surface area contributed by atoms with Gasteiger partial charge >= 0.3 is 0 Å². The summed E-state index contributed by atoms with van der Waals surface area (Å²) >= 11 is 12.8. The molecule has 29 heavy (non-hydrogen) atoms. The van der Waals surface area contributed by atoms with Crippen LogP contribution in [0.5, 0.6) is 0 Å². The fourth-order valence-electron chi connectivity index (χ4n) is 2.37. The van der Waals surface area contributed by atoms with Crippen molar-refractivity contribution in [2.24, 2.45) is 0 Å². The van der Waals surface area contributed by atoms with Crippen molar-refractivity contribution in [1.82, 2.24) is 0 Å². The molecule has 0 saturated carbocycles. The molecule has 0 aliphatic carbocycles. The van der Waals surface area contributed by atoms with E-state index >= 15 is 0 Å². The molecule has 0 aliphatic heterocycles. The van der Waals surface area contributed by atoms with Gasteiger partial charge < -0.3 is 0 Å². The van der Waals surface area contributed by atoms with E-state index in [9.17, 15) is 26.4 Å². The number of sulfone groups is 1. The summed E-state index contributed by atoms with van der Waals surface area (Å²) in [6.45, 7) is 1.20. The maximum atomic E-state index is 13.2. The number of halogens is 4. The molecular formula is C17H15BrCl2FNO5S2. The van der Waals surface area contributed by atoms with Gasteiger partial charge in [-0.3, -0.25) is 13.7 Å². The zero-order valence-electron chi connectivity index (χ0n) is 14.9. The lowest BCUT2D eigenvalue weighted by Crippen LogP contribution is -2.31. The van der Waals surface area contributed by atoms with Crippen LogP contribution in [-0.4, -0.2) is 41.0 Å². The summed E-state index contributed by atoms with van der Waals surface area (Å²) in [5, 5.41) is -0.129. The van der Waals surface area contributed by atoms with Crippen molar-refractivity contribution in [1.29, 1.82) is 0 Å². The Bertz CT molecular complexity index is 1080. The van der Waals surface area contributed by atoms with Crippen LogP contribution >= 0.6 is 39.1 Å². The second-order valence-electron chi connectivity index (χ2n) is 5.81. The first-order valence-corrected chi connectivity index (χ1v) is 12.5. The van der Waals surface area contributed by atoms with Crippen LogP contribution in [0.25, 0.3) is 0 Å². The fraction of sp³-hybridized carbons (Fsp3) is 0.235. The first-order chi connectivity index (χ1) is 13.5. The average molecular weight is 547 g/mol. The quantitative estimate of drug-likeness (QED) is 0.388. The number of carbonyl (C=O) groups is 1.